The molecule has 2 aromatic rings. The van der Waals surface area contributed by atoms with E-state index < -0.39 is 0 Å². The van der Waals surface area contributed by atoms with Gasteiger partial charge >= 0.3 is 0 Å². The third kappa shape index (κ3) is 4.14. The highest BCUT2D eigenvalue weighted by Gasteiger charge is 2.15. The minimum atomic E-state index is -0.178. The molecule has 21 heavy (non-hydrogen) atoms. The van der Waals surface area contributed by atoms with Crippen LogP contribution in [0.1, 0.15) is 43.0 Å². The van der Waals surface area contributed by atoms with Crippen LogP contribution in [-0.2, 0) is 13.0 Å². The molecule has 0 fully saturated rings. The molecule has 3 nitrogen and oxygen atoms in total. The Morgan fingerprint density at radius 3 is 2.81 bits per heavy atom. The maximum Gasteiger partial charge on any atom is 0.123 e. The maximum absolute atomic E-state index is 13.6. The Morgan fingerprint density at radius 1 is 1.33 bits per heavy atom. The first kappa shape index (κ1) is 15.7. The van der Waals surface area contributed by atoms with Crippen molar-refractivity contribution < 1.29 is 4.39 Å². The van der Waals surface area contributed by atoms with Crippen LogP contribution in [0.3, 0.4) is 0 Å². The summed E-state index contributed by atoms with van der Waals surface area (Å²) in [7, 11) is 0. The number of rotatable bonds is 7. The molecule has 0 bridgehead atoms. The molecule has 114 valence electrons. The van der Waals surface area contributed by atoms with Gasteiger partial charge in [0.1, 0.15) is 5.82 Å². The largest absolute Gasteiger partial charge is 0.310 e. The average Bonchev–Trinajstić information content (AvgIpc) is 2.94. The van der Waals surface area contributed by atoms with Crippen LogP contribution in [0, 0.1) is 12.7 Å². The lowest BCUT2D eigenvalue weighted by atomic mass is 9.96. The fourth-order valence-corrected chi connectivity index (χ4v) is 2.52. The molecule has 0 saturated carbocycles. The van der Waals surface area contributed by atoms with E-state index in [1.165, 1.54) is 11.6 Å². The smallest absolute Gasteiger partial charge is 0.123 e. The zero-order chi connectivity index (χ0) is 15.2. The lowest BCUT2D eigenvalue weighted by Crippen LogP contribution is -2.25. The van der Waals surface area contributed by atoms with E-state index in [9.17, 15) is 4.39 Å². The van der Waals surface area contributed by atoms with Crippen molar-refractivity contribution in [2.75, 3.05) is 6.54 Å². The van der Waals surface area contributed by atoms with Crippen LogP contribution in [0.25, 0.3) is 0 Å². The summed E-state index contributed by atoms with van der Waals surface area (Å²) in [6.07, 6.45) is 5.84. The van der Waals surface area contributed by atoms with Gasteiger partial charge in [-0.05, 0) is 62.1 Å². The van der Waals surface area contributed by atoms with E-state index in [0.717, 1.165) is 37.1 Å². The molecule has 1 aromatic heterocycles. The zero-order valence-electron chi connectivity index (χ0n) is 13.1. The predicted molar refractivity (Wildman–Crippen MR) is 83.8 cm³/mol. The van der Waals surface area contributed by atoms with Gasteiger partial charge in [-0.3, -0.25) is 4.68 Å². The highest BCUT2D eigenvalue weighted by Crippen LogP contribution is 2.23. The molecule has 1 atom stereocenters. The van der Waals surface area contributed by atoms with Crippen molar-refractivity contribution in [2.45, 2.75) is 46.2 Å². The van der Waals surface area contributed by atoms with E-state index in [1.54, 1.807) is 6.07 Å². The molecular formula is C17H24FN3. The number of aromatic nitrogens is 2. The second kappa shape index (κ2) is 7.36. The number of nitrogens with zero attached hydrogens (tertiary/aromatic N) is 2. The van der Waals surface area contributed by atoms with Crippen LogP contribution in [-0.4, -0.2) is 16.3 Å². The molecule has 4 heteroatoms. The highest BCUT2D eigenvalue weighted by molar-refractivity contribution is 5.31. The summed E-state index contributed by atoms with van der Waals surface area (Å²) in [5.74, 6) is -0.178. The SMILES string of the molecule is CCCNC(Cc1cnn(CC)c1)c1cc(F)ccc1C. The van der Waals surface area contributed by atoms with Gasteiger partial charge in [-0.15, -0.1) is 0 Å². The molecule has 0 radical (unpaired) electrons. The minimum Gasteiger partial charge on any atom is -0.310 e. The van der Waals surface area contributed by atoms with E-state index in [1.807, 2.05) is 23.9 Å². The summed E-state index contributed by atoms with van der Waals surface area (Å²) in [5, 5.41) is 7.84. The first-order chi connectivity index (χ1) is 10.1. The topological polar surface area (TPSA) is 29.9 Å². The zero-order valence-corrected chi connectivity index (χ0v) is 13.1. The lowest BCUT2D eigenvalue weighted by Gasteiger charge is -2.20. The predicted octanol–water partition coefficient (Wildman–Crippen LogP) is 3.63. The van der Waals surface area contributed by atoms with Crippen LogP contribution >= 0.6 is 0 Å². The van der Waals surface area contributed by atoms with E-state index in [2.05, 4.69) is 30.5 Å². The van der Waals surface area contributed by atoms with Gasteiger partial charge < -0.3 is 5.32 Å². The lowest BCUT2D eigenvalue weighted by molar-refractivity contribution is 0.521. The monoisotopic (exact) mass is 289 g/mol. The summed E-state index contributed by atoms with van der Waals surface area (Å²) >= 11 is 0. The van der Waals surface area contributed by atoms with Crippen molar-refractivity contribution in [1.82, 2.24) is 15.1 Å². The van der Waals surface area contributed by atoms with Crippen molar-refractivity contribution in [3.8, 4) is 0 Å². The number of hydrogen-bond acceptors (Lipinski definition) is 2. The number of benzene rings is 1. The number of halogens is 1. The summed E-state index contributed by atoms with van der Waals surface area (Å²) in [6, 6.07) is 5.13. The fourth-order valence-electron chi connectivity index (χ4n) is 2.52. The molecule has 0 aliphatic heterocycles. The van der Waals surface area contributed by atoms with Gasteiger partial charge in [0.05, 0.1) is 6.20 Å². The van der Waals surface area contributed by atoms with Gasteiger partial charge in [0.15, 0.2) is 0 Å². The van der Waals surface area contributed by atoms with Gasteiger partial charge in [-0.2, -0.15) is 5.10 Å². The molecule has 0 saturated heterocycles. The Balaban J connectivity index is 2.22. The van der Waals surface area contributed by atoms with Crippen molar-refractivity contribution in [2.24, 2.45) is 0 Å². The molecule has 0 amide bonds. The minimum absolute atomic E-state index is 0.121. The Hall–Kier alpha value is -1.68. The van der Waals surface area contributed by atoms with Gasteiger partial charge in [-0.1, -0.05) is 13.0 Å². The van der Waals surface area contributed by atoms with Gasteiger partial charge in [0, 0.05) is 18.8 Å². The number of hydrogen-bond donors (Lipinski definition) is 1. The third-order valence-electron chi connectivity index (χ3n) is 3.71. The number of aryl methyl sites for hydroxylation is 2. The van der Waals surface area contributed by atoms with Crippen LogP contribution in [0.4, 0.5) is 4.39 Å². The Morgan fingerprint density at radius 2 is 2.14 bits per heavy atom. The second-order valence-corrected chi connectivity index (χ2v) is 5.42. The van der Waals surface area contributed by atoms with Crippen LogP contribution in [0.15, 0.2) is 30.6 Å². The average molecular weight is 289 g/mol. The van der Waals surface area contributed by atoms with Gasteiger partial charge in [0.2, 0.25) is 0 Å². The van der Waals surface area contributed by atoms with Crippen molar-refractivity contribution >= 4 is 0 Å². The standard InChI is InChI=1S/C17H24FN3/c1-4-8-19-17(9-14-11-20-21(5-2)12-14)16-10-15(18)7-6-13(16)3/h6-7,10-12,17,19H,4-5,8-9H2,1-3H3. The summed E-state index contributed by atoms with van der Waals surface area (Å²) in [5.41, 5.74) is 3.33. The highest BCUT2D eigenvalue weighted by atomic mass is 19.1. The first-order valence-corrected chi connectivity index (χ1v) is 7.64. The van der Waals surface area contributed by atoms with E-state index in [-0.39, 0.29) is 11.9 Å². The fraction of sp³-hybridized carbons (Fsp3) is 0.471. The molecule has 0 spiro atoms. The normalized spacial score (nSPS) is 12.6. The molecule has 1 aromatic carbocycles. The van der Waals surface area contributed by atoms with E-state index in [0.29, 0.717) is 0 Å². The second-order valence-electron chi connectivity index (χ2n) is 5.42. The quantitative estimate of drug-likeness (QED) is 0.843. The van der Waals surface area contributed by atoms with E-state index >= 15 is 0 Å². The Labute approximate surface area is 126 Å². The van der Waals surface area contributed by atoms with Crippen molar-refractivity contribution in [3.63, 3.8) is 0 Å². The molecule has 0 aliphatic carbocycles. The molecular weight excluding hydrogens is 265 g/mol. The molecule has 1 heterocycles. The van der Waals surface area contributed by atoms with Gasteiger partial charge in [0.25, 0.3) is 0 Å². The summed E-state index contributed by atoms with van der Waals surface area (Å²) in [6.45, 7) is 8.03. The van der Waals surface area contributed by atoms with Crippen molar-refractivity contribution in [3.05, 3.63) is 53.1 Å². The molecule has 1 N–H and O–H groups in total. The molecule has 1 unspecified atom stereocenters. The van der Waals surface area contributed by atoms with Crippen LogP contribution in [0.2, 0.25) is 0 Å². The van der Waals surface area contributed by atoms with Crippen LogP contribution < -0.4 is 5.32 Å². The summed E-state index contributed by atoms with van der Waals surface area (Å²) < 4.78 is 15.5. The third-order valence-corrected chi connectivity index (χ3v) is 3.71. The number of nitrogens with one attached hydrogen (secondary N) is 1. The Bertz CT molecular complexity index is 577. The van der Waals surface area contributed by atoms with Gasteiger partial charge in [-0.25, -0.2) is 4.39 Å². The first-order valence-electron chi connectivity index (χ1n) is 7.64. The summed E-state index contributed by atoms with van der Waals surface area (Å²) in [4.78, 5) is 0. The maximum atomic E-state index is 13.6. The van der Waals surface area contributed by atoms with E-state index in [4.69, 9.17) is 0 Å². The Kier molecular flexibility index (Phi) is 5.51. The van der Waals surface area contributed by atoms with Crippen molar-refractivity contribution in [1.29, 1.82) is 0 Å². The molecule has 0 aliphatic rings. The van der Waals surface area contributed by atoms with Crippen LogP contribution in [0.5, 0.6) is 0 Å². The molecule has 2 rings (SSSR count).